The van der Waals surface area contributed by atoms with E-state index in [0.717, 1.165) is 5.56 Å². The average molecular weight is 302 g/mol. The first-order chi connectivity index (χ1) is 10.6. The van der Waals surface area contributed by atoms with Crippen LogP contribution in [0.15, 0.2) is 35.4 Å². The van der Waals surface area contributed by atoms with Gasteiger partial charge in [0.25, 0.3) is 0 Å². The van der Waals surface area contributed by atoms with Crippen LogP contribution in [0.2, 0.25) is 0 Å². The molecule has 1 aromatic heterocycles. The molecule has 2 rings (SSSR count). The van der Waals surface area contributed by atoms with E-state index in [0.29, 0.717) is 17.5 Å². The van der Waals surface area contributed by atoms with Crippen LogP contribution < -0.4 is 14.2 Å². The van der Waals surface area contributed by atoms with E-state index in [4.69, 9.17) is 14.2 Å². The third kappa shape index (κ3) is 4.08. The molecule has 1 heterocycles. The Morgan fingerprint density at radius 3 is 2.27 bits per heavy atom. The maximum absolute atomic E-state index is 5.73. The molecule has 0 radical (unpaired) electrons. The SMILES string of the molecule is COc1cc(OC)nc(Oc2ccccc2/C=N/N(C)C)n1. The summed E-state index contributed by atoms with van der Waals surface area (Å²) in [6.45, 7) is 0. The number of hydrazone groups is 1. The number of methoxy groups -OCH3 is 2. The van der Waals surface area contributed by atoms with Crippen molar-refractivity contribution in [3.8, 4) is 23.5 Å². The van der Waals surface area contributed by atoms with Gasteiger partial charge in [0.05, 0.1) is 26.5 Å². The van der Waals surface area contributed by atoms with Gasteiger partial charge in [0, 0.05) is 19.7 Å². The molecular formula is C15H18N4O3. The highest BCUT2D eigenvalue weighted by atomic mass is 16.5. The Balaban J connectivity index is 2.31. The summed E-state index contributed by atoms with van der Waals surface area (Å²) in [6.07, 6.45) is 1.70. The van der Waals surface area contributed by atoms with Crippen LogP contribution in [-0.2, 0) is 0 Å². The molecule has 0 amide bonds. The lowest BCUT2D eigenvalue weighted by atomic mass is 10.2. The Hall–Kier alpha value is -2.83. The van der Waals surface area contributed by atoms with Crippen molar-refractivity contribution in [2.45, 2.75) is 0 Å². The van der Waals surface area contributed by atoms with Crippen molar-refractivity contribution in [3.63, 3.8) is 0 Å². The van der Waals surface area contributed by atoms with Crippen molar-refractivity contribution >= 4 is 6.21 Å². The van der Waals surface area contributed by atoms with Crippen LogP contribution in [0, 0.1) is 0 Å². The Morgan fingerprint density at radius 1 is 1.05 bits per heavy atom. The third-order valence-electron chi connectivity index (χ3n) is 2.62. The highest BCUT2D eigenvalue weighted by Gasteiger charge is 2.09. The van der Waals surface area contributed by atoms with E-state index in [1.807, 2.05) is 38.4 Å². The minimum atomic E-state index is 0.141. The zero-order chi connectivity index (χ0) is 15.9. The highest BCUT2D eigenvalue weighted by Crippen LogP contribution is 2.25. The van der Waals surface area contributed by atoms with E-state index in [1.165, 1.54) is 14.2 Å². The second-order valence-corrected chi connectivity index (χ2v) is 4.47. The fourth-order valence-electron chi connectivity index (χ4n) is 1.59. The van der Waals surface area contributed by atoms with Gasteiger partial charge in [-0.1, -0.05) is 12.1 Å². The number of nitrogens with zero attached hydrogens (tertiary/aromatic N) is 4. The van der Waals surface area contributed by atoms with Crippen molar-refractivity contribution in [3.05, 3.63) is 35.9 Å². The fourth-order valence-corrected chi connectivity index (χ4v) is 1.59. The minimum Gasteiger partial charge on any atom is -0.481 e. The topological polar surface area (TPSA) is 69.1 Å². The lowest BCUT2D eigenvalue weighted by Crippen LogP contribution is -2.03. The van der Waals surface area contributed by atoms with Crippen molar-refractivity contribution in [1.82, 2.24) is 15.0 Å². The Kier molecular flexibility index (Phi) is 5.13. The van der Waals surface area contributed by atoms with Crippen molar-refractivity contribution in [2.75, 3.05) is 28.3 Å². The maximum atomic E-state index is 5.73. The molecule has 22 heavy (non-hydrogen) atoms. The van der Waals surface area contributed by atoms with Crippen LogP contribution in [0.1, 0.15) is 5.56 Å². The smallest absolute Gasteiger partial charge is 0.328 e. The molecule has 0 saturated carbocycles. The van der Waals surface area contributed by atoms with Crippen LogP contribution in [-0.4, -0.2) is 49.5 Å². The largest absolute Gasteiger partial charge is 0.481 e. The second-order valence-electron chi connectivity index (χ2n) is 4.47. The summed E-state index contributed by atoms with van der Waals surface area (Å²) in [5.74, 6) is 1.31. The molecular weight excluding hydrogens is 284 g/mol. The molecule has 0 aliphatic heterocycles. The standard InChI is InChI=1S/C15H18N4O3/c1-19(2)16-10-11-7-5-6-8-12(11)22-15-17-13(20-3)9-14(18-15)21-4/h5-10H,1-4H3/b16-10+. The van der Waals surface area contributed by atoms with Crippen LogP contribution in [0.25, 0.3) is 0 Å². The fraction of sp³-hybridized carbons (Fsp3) is 0.267. The van der Waals surface area contributed by atoms with Gasteiger partial charge in [-0.15, -0.1) is 0 Å². The van der Waals surface area contributed by atoms with E-state index in [1.54, 1.807) is 17.3 Å². The van der Waals surface area contributed by atoms with Crippen LogP contribution in [0.3, 0.4) is 0 Å². The third-order valence-corrected chi connectivity index (χ3v) is 2.62. The molecule has 0 spiro atoms. The normalized spacial score (nSPS) is 10.5. The first-order valence-electron chi connectivity index (χ1n) is 6.57. The average Bonchev–Trinajstić information content (AvgIpc) is 2.53. The summed E-state index contributed by atoms with van der Waals surface area (Å²) >= 11 is 0. The van der Waals surface area contributed by atoms with Gasteiger partial charge in [0.15, 0.2) is 0 Å². The van der Waals surface area contributed by atoms with Crippen molar-refractivity contribution < 1.29 is 14.2 Å². The molecule has 116 valence electrons. The van der Waals surface area contributed by atoms with Crippen LogP contribution >= 0.6 is 0 Å². The number of rotatable bonds is 6. The van der Waals surface area contributed by atoms with E-state index >= 15 is 0 Å². The van der Waals surface area contributed by atoms with E-state index < -0.39 is 0 Å². The van der Waals surface area contributed by atoms with Crippen molar-refractivity contribution in [2.24, 2.45) is 5.10 Å². The summed E-state index contributed by atoms with van der Waals surface area (Å²) in [7, 11) is 6.72. The molecule has 0 atom stereocenters. The minimum absolute atomic E-state index is 0.141. The summed E-state index contributed by atoms with van der Waals surface area (Å²) in [5.41, 5.74) is 0.807. The van der Waals surface area contributed by atoms with Gasteiger partial charge in [-0.25, -0.2) is 0 Å². The maximum Gasteiger partial charge on any atom is 0.328 e. The number of hydrogen-bond donors (Lipinski definition) is 0. The first kappa shape index (κ1) is 15.6. The van der Waals surface area contributed by atoms with E-state index in [2.05, 4.69) is 15.1 Å². The predicted octanol–water partition coefficient (Wildman–Crippen LogP) is 2.18. The van der Waals surface area contributed by atoms with Gasteiger partial charge < -0.3 is 19.2 Å². The Bertz CT molecular complexity index is 637. The lowest BCUT2D eigenvalue weighted by molar-refractivity contribution is 0.348. The molecule has 0 N–H and O–H groups in total. The van der Waals surface area contributed by atoms with Gasteiger partial charge >= 0.3 is 6.01 Å². The lowest BCUT2D eigenvalue weighted by Gasteiger charge is -2.09. The van der Waals surface area contributed by atoms with E-state index in [-0.39, 0.29) is 6.01 Å². The summed E-state index contributed by atoms with van der Waals surface area (Å²) in [6, 6.07) is 9.18. The molecule has 0 unspecified atom stereocenters. The molecule has 0 aliphatic rings. The Labute approximate surface area is 129 Å². The van der Waals surface area contributed by atoms with Gasteiger partial charge in [0.2, 0.25) is 11.8 Å². The van der Waals surface area contributed by atoms with Crippen molar-refractivity contribution in [1.29, 1.82) is 0 Å². The van der Waals surface area contributed by atoms with E-state index in [9.17, 15) is 0 Å². The number of ether oxygens (including phenoxy) is 3. The Morgan fingerprint density at radius 2 is 1.68 bits per heavy atom. The molecule has 0 saturated heterocycles. The number of benzene rings is 1. The summed E-state index contributed by atoms with van der Waals surface area (Å²) in [4.78, 5) is 8.28. The quantitative estimate of drug-likeness (QED) is 0.602. The summed E-state index contributed by atoms with van der Waals surface area (Å²) < 4.78 is 15.9. The molecule has 0 bridgehead atoms. The highest BCUT2D eigenvalue weighted by molar-refractivity contribution is 5.83. The predicted molar refractivity (Wildman–Crippen MR) is 82.9 cm³/mol. The van der Waals surface area contributed by atoms with Gasteiger partial charge in [0.1, 0.15) is 5.75 Å². The summed E-state index contributed by atoms with van der Waals surface area (Å²) in [5, 5.41) is 5.90. The van der Waals surface area contributed by atoms with Crippen LogP contribution in [0.5, 0.6) is 23.5 Å². The molecule has 7 nitrogen and oxygen atoms in total. The zero-order valence-corrected chi connectivity index (χ0v) is 13.0. The van der Waals surface area contributed by atoms with Crippen LogP contribution in [0.4, 0.5) is 0 Å². The van der Waals surface area contributed by atoms with Gasteiger partial charge in [-0.05, 0) is 12.1 Å². The first-order valence-corrected chi connectivity index (χ1v) is 6.57. The number of para-hydroxylation sites is 1. The molecule has 1 aromatic carbocycles. The monoisotopic (exact) mass is 302 g/mol. The zero-order valence-electron chi connectivity index (χ0n) is 13.0. The molecule has 7 heteroatoms. The molecule has 0 aliphatic carbocycles. The van der Waals surface area contributed by atoms with Gasteiger partial charge in [-0.2, -0.15) is 15.1 Å². The number of aromatic nitrogens is 2. The number of hydrogen-bond acceptors (Lipinski definition) is 7. The second kappa shape index (κ2) is 7.26. The molecule has 0 fully saturated rings. The van der Waals surface area contributed by atoms with Gasteiger partial charge in [-0.3, -0.25) is 0 Å². The molecule has 2 aromatic rings.